The number of hydrogen-bond acceptors (Lipinski definition) is 3. The monoisotopic (exact) mass is 307 g/mol. The molecule has 1 aromatic carbocycles. The van der Waals surface area contributed by atoms with Gasteiger partial charge < -0.3 is 10.2 Å². The Hall–Kier alpha value is -2.62. The van der Waals surface area contributed by atoms with Crippen molar-refractivity contribution in [2.24, 2.45) is 0 Å². The number of pyridine rings is 1. The highest BCUT2D eigenvalue weighted by molar-refractivity contribution is 6.06. The largest absolute Gasteiger partial charge is 0.372 e. The summed E-state index contributed by atoms with van der Waals surface area (Å²) in [5.74, 6) is -0.0873. The molecule has 1 aromatic heterocycles. The van der Waals surface area contributed by atoms with Gasteiger partial charge in [-0.2, -0.15) is 0 Å². The van der Waals surface area contributed by atoms with Crippen LogP contribution in [0.1, 0.15) is 25.3 Å². The van der Waals surface area contributed by atoms with Crippen LogP contribution in [0, 0.1) is 0 Å². The van der Waals surface area contributed by atoms with Gasteiger partial charge in [0.1, 0.15) is 0 Å². The first-order chi connectivity index (χ1) is 11.2. The highest BCUT2D eigenvalue weighted by atomic mass is 16.1. The van der Waals surface area contributed by atoms with E-state index in [-0.39, 0.29) is 5.91 Å². The molecule has 4 nitrogen and oxygen atoms in total. The molecule has 2 aromatic rings. The average molecular weight is 307 g/mol. The zero-order valence-electron chi connectivity index (χ0n) is 13.3. The molecule has 23 heavy (non-hydrogen) atoms. The van der Waals surface area contributed by atoms with Crippen molar-refractivity contribution in [2.75, 3.05) is 23.3 Å². The summed E-state index contributed by atoms with van der Waals surface area (Å²) in [7, 11) is 0. The molecule has 2 heterocycles. The van der Waals surface area contributed by atoms with E-state index in [1.807, 2.05) is 37.3 Å². The van der Waals surface area contributed by atoms with E-state index in [9.17, 15) is 4.79 Å². The molecule has 0 aliphatic carbocycles. The molecular formula is C19H21N3O. The van der Waals surface area contributed by atoms with E-state index in [0.717, 1.165) is 24.3 Å². The Morgan fingerprint density at radius 1 is 1.09 bits per heavy atom. The summed E-state index contributed by atoms with van der Waals surface area (Å²) in [4.78, 5) is 18.6. The van der Waals surface area contributed by atoms with Crippen LogP contribution >= 0.6 is 0 Å². The lowest BCUT2D eigenvalue weighted by molar-refractivity contribution is -0.112. The molecule has 1 saturated heterocycles. The maximum atomic E-state index is 12.3. The maximum absolute atomic E-state index is 12.3. The van der Waals surface area contributed by atoms with Gasteiger partial charge in [0.15, 0.2) is 0 Å². The predicted molar refractivity (Wildman–Crippen MR) is 94.4 cm³/mol. The molecule has 0 atom stereocenters. The van der Waals surface area contributed by atoms with Crippen LogP contribution in [0.15, 0.2) is 54.4 Å². The van der Waals surface area contributed by atoms with Gasteiger partial charge >= 0.3 is 0 Å². The van der Waals surface area contributed by atoms with Crippen molar-refractivity contribution < 1.29 is 4.79 Å². The lowest BCUT2D eigenvalue weighted by atomic mass is 10.1. The molecule has 0 saturated carbocycles. The molecule has 1 aliphatic rings. The zero-order chi connectivity index (χ0) is 16.1. The molecule has 3 rings (SSSR count). The number of hydrogen-bond donors (Lipinski definition) is 1. The van der Waals surface area contributed by atoms with Gasteiger partial charge in [0.2, 0.25) is 0 Å². The van der Waals surface area contributed by atoms with Gasteiger partial charge in [0.25, 0.3) is 5.91 Å². The van der Waals surface area contributed by atoms with Crippen molar-refractivity contribution in [3.05, 3.63) is 59.9 Å². The minimum atomic E-state index is -0.0873. The number of nitrogens with zero attached hydrogens (tertiary/aromatic N) is 2. The van der Waals surface area contributed by atoms with Crippen molar-refractivity contribution in [1.29, 1.82) is 0 Å². The lowest BCUT2D eigenvalue weighted by Gasteiger charge is -2.17. The highest BCUT2D eigenvalue weighted by Crippen LogP contribution is 2.22. The van der Waals surface area contributed by atoms with E-state index < -0.39 is 0 Å². The first-order valence-electron chi connectivity index (χ1n) is 7.97. The number of rotatable bonds is 4. The van der Waals surface area contributed by atoms with Crippen LogP contribution in [0.2, 0.25) is 0 Å². The van der Waals surface area contributed by atoms with E-state index in [0.29, 0.717) is 5.57 Å². The van der Waals surface area contributed by atoms with Gasteiger partial charge in [-0.25, -0.2) is 0 Å². The number of aromatic nitrogens is 1. The van der Waals surface area contributed by atoms with Crippen molar-refractivity contribution in [3.63, 3.8) is 0 Å². The molecule has 0 radical (unpaired) electrons. The minimum absolute atomic E-state index is 0.0873. The van der Waals surface area contributed by atoms with Crippen LogP contribution in [-0.2, 0) is 4.79 Å². The van der Waals surface area contributed by atoms with E-state index >= 15 is 0 Å². The third kappa shape index (κ3) is 3.97. The van der Waals surface area contributed by atoms with E-state index in [2.05, 4.69) is 27.3 Å². The van der Waals surface area contributed by atoms with Crippen LogP contribution < -0.4 is 10.2 Å². The fourth-order valence-electron chi connectivity index (χ4n) is 2.74. The zero-order valence-corrected chi connectivity index (χ0v) is 13.3. The van der Waals surface area contributed by atoms with Gasteiger partial charge in [-0.1, -0.05) is 0 Å². The fourth-order valence-corrected chi connectivity index (χ4v) is 2.74. The lowest BCUT2D eigenvalue weighted by Crippen LogP contribution is -2.17. The number of carbonyl (C=O) groups is 1. The first kappa shape index (κ1) is 15.3. The molecule has 1 amide bonds. The number of anilines is 2. The second-order valence-corrected chi connectivity index (χ2v) is 5.80. The smallest absolute Gasteiger partial charge is 0.251 e. The molecule has 118 valence electrons. The first-order valence-corrected chi connectivity index (χ1v) is 7.97. The molecule has 1 fully saturated rings. The number of amides is 1. The topological polar surface area (TPSA) is 45.2 Å². The summed E-state index contributed by atoms with van der Waals surface area (Å²) >= 11 is 0. The van der Waals surface area contributed by atoms with Crippen molar-refractivity contribution in [1.82, 2.24) is 4.98 Å². The summed E-state index contributed by atoms with van der Waals surface area (Å²) in [6.07, 6.45) is 7.81. The Labute approximate surface area is 136 Å². The molecule has 0 bridgehead atoms. The van der Waals surface area contributed by atoms with Crippen LogP contribution in [0.25, 0.3) is 6.08 Å². The molecule has 4 heteroatoms. The van der Waals surface area contributed by atoms with E-state index in [4.69, 9.17) is 0 Å². The standard InChI is InChI=1S/C19H21N3O/c1-15(14-16-8-10-20-11-9-16)19(23)21-17-4-6-18(7-5-17)22-12-2-3-13-22/h4-11,14H,2-3,12-13H2,1H3,(H,21,23)/b15-14+. The molecule has 0 spiro atoms. The average Bonchev–Trinajstić information content (AvgIpc) is 3.11. The second kappa shape index (κ2) is 7.09. The quantitative estimate of drug-likeness (QED) is 0.876. The highest BCUT2D eigenvalue weighted by Gasteiger charge is 2.12. The van der Waals surface area contributed by atoms with E-state index in [1.54, 1.807) is 12.4 Å². The number of carbonyl (C=O) groups excluding carboxylic acids is 1. The van der Waals surface area contributed by atoms with Crippen LogP contribution in [0.4, 0.5) is 11.4 Å². The molecule has 0 unspecified atom stereocenters. The van der Waals surface area contributed by atoms with Crippen molar-refractivity contribution in [2.45, 2.75) is 19.8 Å². The fraction of sp³-hybridized carbons (Fsp3) is 0.263. The summed E-state index contributed by atoms with van der Waals surface area (Å²) in [5, 5.41) is 2.94. The van der Waals surface area contributed by atoms with Crippen molar-refractivity contribution >= 4 is 23.4 Å². The Morgan fingerprint density at radius 3 is 2.39 bits per heavy atom. The van der Waals surface area contributed by atoms with Crippen LogP contribution in [0.5, 0.6) is 0 Å². The summed E-state index contributed by atoms with van der Waals surface area (Å²) < 4.78 is 0. The molecular weight excluding hydrogens is 286 g/mol. The summed E-state index contributed by atoms with van der Waals surface area (Å²) in [6, 6.07) is 11.8. The van der Waals surface area contributed by atoms with Crippen LogP contribution in [0.3, 0.4) is 0 Å². The van der Waals surface area contributed by atoms with Gasteiger partial charge in [0, 0.05) is 42.4 Å². The Morgan fingerprint density at radius 2 is 1.74 bits per heavy atom. The third-order valence-corrected chi connectivity index (χ3v) is 4.04. The Balaban J connectivity index is 1.64. The normalized spacial score (nSPS) is 14.8. The Kier molecular flexibility index (Phi) is 4.71. The third-order valence-electron chi connectivity index (χ3n) is 4.04. The predicted octanol–water partition coefficient (Wildman–Crippen LogP) is 3.72. The van der Waals surface area contributed by atoms with Gasteiger partial charge in [-0.05, 0) is 67.8 Å². The number of benzene rings is 1. The second-order valence-electron chi connectivity index (χ2n) is 5.80. The van der Waals surface area contributed by atoms with Gasteiger partial charge in [0.05, 0.1) is 0 Å². The number of nitrogens with one attached hydrogen (secondary N) is 1. The van der Waals surface area contributed by atoms with E-state index in [1.165, 1.54) is 18.5 Å². The van der Waals surface area contributed by atoms with Crippen molar-refractivity contribution in [3.8, 4) is 0 Å². The summed E-state index contributed by atoms with van der Waals surface area (Å²) in [6.45, 7) is 4.06. The Bertz CT molecular complexity index is 686. The SMILES string of the molecule is C/C(=C\c1ccncc1)C(=O)Nc1ccc(N2CCCC2)cc1. The molecule has 1 aliphatic heterocycles. The molecule has 1 N–H and O–H groups in total. The summed E-state index contributed by atoms with van der Waals surface area (Å²) in [5.41, 5.74) is 3.68. The van der Waals surface area contributed by atoms with Gasteiger partial charge in [-0.3, -0.25) is 9.78 Å². The maximum Gasteiger partial charge on any atom is 0.251 e. The van der Waals surface area contributed by atoms with Gasteiger partial charge in [-0.15, -0.1) is 0 Å². The van der Waals surface area contributed by atoms with Crippen LogP contribution in [-0.4, -0.2) is 24.0 Å². The minimum Gasteiger partial charge on any atom is -0.372 e.